The number of carbonyl (C=O) groups excluding carboxylic acids is 1. The number of rotatable bonds is 10. The van der Waals surface area contributed by atoms with Gasteiger partial charge < -0.3 is 19.9 Å². The number of aromatic nitrogens is 4. The molecule has 0 saturated carbocycles. The number of anilines is 1. The van der Waals surface area contributed by atoms with Crippen LogP contribution in [0.4, 0.5) is 5.82 Å². The van der Waals surface area contributed by atoms with Crippen LogP contribution in [0.3, 0.4) is 0 Å². The lowest BCUT2D eigenvalue weighted by atomic mass is 10.1. The second-order valence-corrected chi connectivity index (χ2v) is 8.73. The van der Waals surface area contributed by atoms with E-state index in [1.54, 1.807) is 24.3 Å². The molecule has 3 heterocycles. The number of hydrogen-bond donors (Lipinski definition) is 0. The molecule has 0 spiro atoms. The molecular formula is C27H31N5O7. The molecule has 2 aromatic heterocycles. The Bertz CT molecular complexity index is 1310. The zero-order valence-electron chi connectivity index (χ0n) is 21.7. The highest BCUT2D eigenvalue weighted by molar-refractivity contribution is 5.95. The van der Waals surface area contributed by atoms with Crippen LogP contribution in [0.1, 0.15) is 39.0 Å². The highest BCUT2D eigenvalue weighted by Crippen LogP contribution is 2.28. The topological polar surface area (TPSA) is 145 Å². The SMILES string of the molecule is CCCCOCCOc1no[n+]([O-])c1-c1ccccc1.O=C1CCCCN1c1no[n+]([O-])c1-c1ccccc1. The van der Waals surface area contributed by atoms with Crippen LogP contribution in [0.15, 0.2) is 69.9 Å². The number of hydrogen-bond acceptors (Lipinski definition) is 9. The second kappa shape index (κ2) is 13.9. The predicted molar refractivity (Wildman–Crippen MR) is 139 cm³/mol. The fraction of sp³-hybridized carbons (Fsp3) is 0.370. The summed E-state index contributed by atoms with van der Waals surface area (Å²) >= 11 is 0. The number of amides is 1. The standard InChI is InChI=1S/C14H18N2O4.C13H13N3O3/c1-2-3-9-18-10-11-19-14-13(16(17)20-15-14)12-7-5-4-6-8-12;17-11-8-4-5-9-15(11)13-12(16(18)19-14-13)10-6-2-1-3-7-10/h4-8H,2-3,9-11H2,1H3;1-3,6-7H,4-5,8-9H2. The lowest BCUT2D eigenvalue weighted by Gasteiger charge is -2.22. The third-order valence-corrected chi connectivity index (χ3v) is 5.96. The maximum atomic E-state index is 11.9. The molecule has 0 aliphatic carbocycles. The zero-order valence-corrected chi connectivity index (χ0v) is 21.7. The summed E-state index contributed by atoms with van der Waals surface area (Å²) in [6.45, 7) is 4.18. The Labute approximate surface area is 225 Å². The van der Waals surface area contributed by atoms with Crippen LogP contribution >= 0.6 is 0 Å². The van der Waals surface area contributed by atoms with Gasteiger partial charge in [0.1, 0.15) is 6.61 Å². The van der Waals surface area contributed by atoms with Crippen molar-refractivity contribution in [1.82, 2.24) is 10.3 Å². The first kappa shape index (κ1) is 27.6. The number of piperidine rings is 1. The smallest absolute Gasteiger partial charge is 0.403 e. The maximum absolute atomic E-state index is 11.9. The normalized spacial score (nSPS) is 13.2. The van der Waals surface area contributed by atoms with Crippen LogP contribution in [0.2, 0.25) is 0 Å². The van der Waals surface area contributed by atoms with Gasteiger partial charge in [0.25, 0.3) is 11.4 Å². The molecule has 1 amide bonds. The predicted octanol–water partition coefficient (Wildman–Crippen LogP) is 3.66. The van der Waals surface area contributed by atoms with Gasteiger partial charge in [0.05, 0.1) is 16.9 Å². The number of carbonyl (C=O) groups is 1. The number of unbranched alkanes of at least 4 members (excludes halogenated alkanes) is 1. The van der Waals surface area contributed by atoms with Gasteiger partial charge in [0.15, 0.2) is 0 Å². The molecule has 5 rings (SSSR count). The largest absolute Gasteiger partial charge is 0.453 e. The summed E-state index contributed by atoms with van der Waals surface area (Å²) in [5.41, 5.74) is 1.95. The Morgan fingerprint density at radius 1 is 0.872 bits per heavy atom. The summed E-state index contributed by atoms with van der Waals surface area (Å²) in [5, 5.41) is 30.7. The molecule has 206 valence electrons. The second-order valence-electron chi connectivity index (χ2n) is 8.73. The van der Waals surface area contributed by atoms with Gasteiger partial charge in [-0.05, 0) is 29.1 Å². The molecule has 1 aliphatic heterocycles. The molecule has 0 atom stereocenters. The Hall–Kier alpha value is -4.45. The summed E-state index contributed by atoms with van der Waals surface area (Å²) in [5.74, 6) is 0.480. The third kappa shape index (κ3) is 7.11. The van der Waals surface area contributed by atoms with Crippen molar-refractivity contribution < 1.29 is 33.3 Å². The van der Waals surface area contributed by atoms with Gasteiger partial charge in [0.2, 0.25) is 5.91 Å². The van der Waals surface area contributed by atoms with E-state index in [-0.39, 0.29) is 23.2 Å². The van der Waals surface area contributed by atoms with Gasteiger partial charge in [-0.15, -0.1) is 0 Å². The van der Waals surface area contributed by atoms with Crippen molar-refractivity contribution in [2.75, 3.05) is 31.3 Å². The molecule has 1 aliphatic rings. The van der Waals surface area contributed by atoms with Gasteiger partial charge in [-0.3, -0.25) is 19.0 Å². The first-order chi connectivity index (χ1) is 19.1. The van der Waals surface area contributed by atoms with E-state index in [0.29, 0.717) is 59.5 Å². The third-order valence-electron chi connectivity index (χ3n) is 5.96. The molecule has 1 saturated heterocycles. The first-order valence-corrected chi connectivity index (χ1v) is 12.9. The number of ether oxygens (including phenoxy) is 2. The molecule has 1 fully saturated rings. The lowest BCUT2D eigenvalue weighted by Crippen LogP contribution is -2.36. The Morgan fingerprint density at radius 2 is 1.51 bits per heavy atom. The van der Waals surface area contributed by atoms with Crippen molar-refractivity contribution in [2.45, 2.75) is 39.0 Å². The molecule has 0 N–H and O–H groups in total. The van der Waals surface area contributed by atoms with Crippen molar-refractivity contribution in [3.63, 3.8) is 0 Å². The molecule has 12 nitrogen and oxygen atoms in total. The maximum Gasteiger partial charge on any atom is 0.403 e. The minimum absolute atomic E-state index is 0.0164. The van der Waals surface area contributed by atoms with E-state index in [2.05, 4.69) is 26.5 Å². The molecular weight excluding hydrogens is 506 g/mol. The Morgan fingerprint density at radius 3 is 2.18 bits per heavy atom. The van der Waals surface area contributed by atoms with E-state index >= 15 is 0 Å². The van der Waals surface area contributed by atoms with E-state index in [9.17, 15) is 15.2 Å². The number of nitrogens with zero attached hydrogens (tertiary/aromatic N) is 5. The van der Waals surface area contributed by atoms with E-state index < -0.39 is 0 Å². The first-order valence-electron chi connectivity index (χ1n) is 12.9. The summed E-state index contributed by atoms with van der Waals surface area (Å²) in [7, 11) is 0. The fourth-order valence-electron chi connectivity index (χ4n) is 3.98. The molecule has 0 unspecified atom stereocenters. The van der Waals surface area contributed by atoms with E-state index in [4.69, 9.17) is 9.47 Å². The average molecular weight is 538 g/mol. The fourth-order valence-corrected chi connectivity index (χ4v) is 3.98. The average Bonchev–Trinajstić information content (AvgIpc) is 3.54. The van der Waals surface area contributed by atoms with Crippen molar-refractivity contribution in [3.05, 3.63) is 71.1 Å². The minimum Gasteiger partial charge on any atom is -0.453 e. The van der Waals surface area contributed by atoms with Crippen molar-refractivity contribution in [3.8, 4) is 28.4 Å². The quantitative estimate of drug-likeness (QED) is 0.218. The molecule has 4 aromatic rings. The highest BCUT2D eigenvalue weighted by Gasteiger charge is 2.32. The zero-order chi connectivity index (χ0) is 27.5. The highest BCUT2D eigenvalue weighted by atomic mass is 16.8. The van der Waals surface area contributed by atoms with Crippen LogP contribution in [0.5, 0.6) is 5.88 Å². The van der Waals surface area contributed by atoms with E-state index in [1.807, 2.05) is 36.4 Å². The van der Waals surface area contributed by atoms with Crippen LogP contribution < -0.4 is 19.4 Å². The number of benzene rings is 2. The van der Waals surface area contributed by atoms with E-state index in [1.165, 1.54) is 4.90 Å². The van der Waals surface area contributed by atoms with E-state index in [0.717, 1.165) is 25.7 Å². The van der Waals surface area contributed by atoms with Gasteiger partial charge in [-0.25, -0.2) is 0 Å². The monoisotopic (exact) mass is 537 g/mol. The van der Waals surface area contributed by atoms with Crippen molar-refractivity contribution in [1.29, 1.82) is 0 Å². The van der Waals surface area contributed by atoms with Crippen LogP contribution in [-0.4, -0.2) is 42.6 Å². The van der Waals surface area contributed by atoms with Crippen LogP contribution in [-0.2, 0) is 9.53 Å². The van der Waals surface area contributed by atoms with Gasteiger partial charge in [-0.1, -0.05) is 74.0 Å². The minimum atomic E-state index is -0.0164. The summed E-state index contributed by atoms with van der Waals surface area (Å²) < 4.78 is 20.1. The van der Waals surface area contributed by atoms with Gasteiger partial charge in [0, 0.05) is 30.7 Å². The Kier molecular flexibility index (Phi) is 9.84. The van der Waals surface area contributed by atoms with Crippen molar-refractivity contribution in [2.24, 2.45) is 0 Å². The van der Waals surface area contributed by atoms with Gasteiger partial charge >= 0.3 is 11.7 Å². The summed E-state index contributed by atoms with van der Waals surface area (Å²) in [6.07, 6.45) is 4.40. The van der Waals surface area contributed by atoms with Gasteiger partial charge in [-0.2, -0.15) is 0 Å². The molecule has 0 radical (unpaired) electrons. The summed E-state index contributed by atoms with van der Waals surface area (Å²) in [4.78, 5) is 14.2. The summed E-state index contributed by atoms with van der Waals surface area (Å²) in [6, 6.07) is 18.2. The Balaban J connectivity index is 0.000000181. The molecule has 39 heavy (non-hydrogen) atoms. The van der Waals surface area contributed by atoms with Crippen LogP contribution in [0.25, 0.3) is 22.5 Å². The van der Waals surface area contributed by atoms with Crippen LogP contribution in [0, 0.1) is 10.4 Å². The molecule has 12 heteroatoms. The molecule has 2 aromatic carbocycles. The molecule has 0 bridgehead atoms. The lowest BCUT2D eigenvalue weighted by molar-refractivity contribution is -0.793. The van der Waals surface area contributed by atoms with Crippen molar-refractivity contribution >= 4 is 11.7 Å².